The highest BCUT2D eigenvalue weighted by molar-refractivity contribution is 5.95. The summed E-state index contributed by atoms with van der Waals surface area (Å²) in [5, 5.41) is 4.82. The number of amides is 3. The standard InChI is InChI=1S/C14H16N2O4/c1-9(17)10-2-6-12(7-3-10)20-8-13(18)16-14(19)15-11-4-5-11/h2-3,6-7,11H,4-5,8H2,1H3,(H2,15,16,18,19). The lowest BCUT2D eigenvalue weighted by Gasteiger charge is -2.07. The molecule has 106 valence electrons. The summed E-state index contributed by atoms with van der Waals surface area (Å²) in [4.78, 5) is 33.8. The minimum atomic E-state index is -0.515. The van der Waals surface area contributed by atoms with Gasteiger partial charge in [0.05, 0.1) is 0 Å². The Hall–Kier alpha value is -2.37. The Bertz CT molecular complexity index is 520. The molecule has 6 heteroatoms. The number of ether oxygens (including phenoxy) is 1. The summed E-state index contributed by atoms with van der Waals surface area (Å²) in [6, 6.07) is 6.16. The van der Waals surface area contributed by atoms with Crippen molar-refractivity contribution in [1.82, 2.24) is 10.6 Å². The summed E-state index contributed by atoms with van der Waals surface area (Å²) >= 11 is 0. The Balaban J connectivity index is 1.74. The molecular weight excluding hydrogens is 260 g/mol. The molecule has 1 aliphatic carbocycles. The maximum atomic E-state index is 11.5. The van der Waals surface area contributed by atoms with Crippen LogP contribution in [0, 0.1) is 0 Å². The fourth-order valence-corrected chi connectivity index (χ4v) is 1.55. The topological polar surface area (TPSA) is 84.5 Å². The van der Waals surface area contributed by atoms with E-state index in [4.69, 9.17) is 4.74 Å². The third-order valence-corrected chi connectivity index (χ3v) is 2.80. The van der Waals surface area contributed by atoms with E-state index in [1.165, 1.54) is 6.92 Å². The molecule has 6 nitrogen and oxygen atoms in total. The molecule has 1 aromatic carbocycles. The molecule has 1 saturated carbocycles. The number of urea groups is 1. The monoisotopic (exact) mass is 276 g/mol. The van der Waals surface area contributed by atoms with Gasteiger partial charge in [0.1, 0.15) is 5.75 Å². The van der Waals surface area contributed by atoms with Crippen LogP contribution >= 0.6 is 0 Å². The molecule has 20 heavy (non-hydrogen) atoms. The molecule has 2 N–H and O–H groups in total. The summed E-state index contributed by atoms with van der Waals surface area (Å²) in [5.74, 6) is -0.0856. The van der Waals surface area contributed by atoms with E-state index in [9.17, 15) is 14.4 Å². The third-order valence-electron chi connectivity index (χ3n) is 2.80. The van der Waals surface area contributed by atoms with Crippen LogP contribution in [0.5, 0.6) is 5.75 Å². The summed E-state index contributed by atoms with van der Waals surface area (Å²) in [6.45, 7) is 1.22. The number of carbonyl (C=O) groups is 3. The lowest BCUT2D eigenvalue weighted by atomic mass is 10.1. The fraction of sp³-hybridized carbons (Fsp3) is 0.357. The van der Waals surface area contributed by atoms with Crippen LogP contribution in [0.2, 0.25) is 0 Å². The van der Waals surface area contributed by atoms with Crippen LogP contribution in [0.4, 0.5) is 4.79 Å². The van der Waals surface area contributed by atoms with Crippen LogP contribution in [0.15, 0.2) is 24.3 Å². The number of carbonyl (C=O) groups excluding carboxylic acids is 3. The molecule has 0 spiro atoms. The van der Waals surface area contributed by atoms with Gasteiger partial charge in [0, 0.05) is 11.6 Å². The largest absolute Gasteiger partial charge is 0.484 e. The molecular formula is C14H16N2O4. The predicted molar refractivity (Wildman–Crippen MR) is 71.6 cm³/mol. The Morgan fingerprint density at radius 1 is 1.20 bits per heavy atom. The normalized spacial score (nSPS) is 13.4. The van der Waals surface area contributed by atoms with Crippen LogP contribution in [0.1, 0.15) is 30.1 Å². The van der Waals surface area contributed by atoms with E-state index in [-0.39, 0.29) is 18.4 Å². The number of imide groups is 1. The molecule has 1 aromatic rings. The van der Waals surface area contributed by atoms with E-state index >= 15 is 0 Å². The Kier molecular flexibility index (Phi) is 4.34. The van der Waals surface area contributed by atoms with E-state index < -0.39 is 11.9 Å². The first-order valence-electron chi connectivity index (χ1n) is 6.39. The molecule has 0 unspecified atom stereocenters. The number of benzene rings is 1. The van der Waals surface area contributed by atoms with Crippen LogP contribution in [0.3, 0.4) is 0 Å². The van der Waals surface area contributed by atoms with Crippen molar-refractivity contribution in [2.75, 3.05) is 6.61 Å². The van der Waals surface area contributed by atoms with Crippen molar-refractivity contribution in [3.63, 3.8) is 0 Å². The molecule has 1 fully saturated rings. The Morgan fingerprint density at radius 2 is 1.85 bits per heavy atom. The molecule has 0 bridgehead atoms. The second kappa shape index (κ2) is 6.18. The van der Waals surface area contributed by atoms with Crippen molar-refractivity contribution >= 4 is 17.7 Å². The first kappa shape index (κ1) is 14.0. The van der Waals surface area contributed by atoms with Crippen molar-refractivity contribution in [2.24, 2.45) is 0 Å². The van der Waals surface area contributed by atoms with Gasteiger partial charge in [-0.05, 0) is 44.0 Å². The molecule has 3 amide bonds. The second-order valence-corrected chi connectivity index (χ2v) is 4.67. The SMILES string of the molecule is CC(=O)c1ccc(OCC(=O)NC(=O)NC2CC2)cc1. The van der Waals surface area contributed by atoms with Gasteiger partial charge in [-0.3, -0.25) is 14.9 Å². The highest BCUT2D eigenvalue weighted by Crippen LogP contribution is 2.18. The number of hydrogen-bond donors (Lipinski definition) is 2. The van der Waals surface area contributed by atoms with Crippen molar-refractivity contribution in [1.29, 1.82) is 0 Å². The predicted octanol–water partition coefficient (Wildman–Crippen LogP) is 1.26. The van der Waals surface area contributed by atoms with Gasteiger partial charge in [-0.15, -0.1) is 0 Å². The maximum absolute atomic E-state index is 11.5. The minimum absolute atomic E-state index is 0.0361. The zero-order valence-electron chi connectivity index (χ0n) is 11.1. The maximum Gasteiger partial charge on any atom is 0.321 e. The minimum Gasteiger partial charge on any atom is -0.484 e. The van der Waals surface area contributed by atoms with Gasteiger partial charge in [0.2, 0.25) is 0 Å². The van der Waals surface area contributed by atoms with Crippen LogP contribution in [-0.4, -0.2) is 30.4 Å². The van der Waals surface area contributed by atoms with Gasteiger partial charge < -0.3 is 10.1 Å². The molecule has 0 heterocycles. The van der Waals surface area contributed by atoms with E-state index in [1.54, 1.807) is 24.3 Å². The van der Waals surface area contributed by atoms with Crippen LogP contribution < -0.4 is 15.4 Å². The Morgan fingerprint density at radius 3 is 2.40 bits per heavy atom. The molecule has 0 aromatic heterocycles. The molecule has 0 radical (unpaired) electrons. The molecule has 0 aliphatic heterocycles. The molecule has 2 rings (SSSR count). The van der Waals surface area contributed by atoms with Gasteiger partial charge in [0.25, 0.3) is 5.91 Å². The molecule has 0 saturated heterocycles. The molecule has 0 atom stereocenters. The Labute approximate surface area is 116 Å². The third kappa shape index (κ3) is 4.38. The quantitative estimate of drug-likeness (QED) is 0.793. The van der Waals surface area contributed by atoms with E-state index in [0.717, 1.165) is 12.8 Å². The van der Waals surface area contributed by atoms with Gasteiger partial charge in [-0.2, -0.15) is 0 Å². The van der Waals surface area contributed by atoms with Crippen LogP contribution in [0.25, 0.3) is 0 Å². The van der Waals surface area contributed by atoms with Crippen molar-refractivity contribution in [3.05, 3.63) is 29.8 Å². The first-order valence-corrected chi connectivity index (χ1v) is 6.39. The number of ketones is 1. The lowest BCUT2D eigenvalue weighted by Crippen LogP contribution is -2.42. The lowest BCUT2D eigenvalue weighted by molar-refractivity contribution is -0.122. The van der Waals surface area contributed by atoms with Gasteiger partial charge in [-0.1, -0.05) is 0 Å². The van der Waals surface area contributed by atoms with E-state index in [1.807, 2.05) is 0 Å². The highest BCUT2D eigenvalue weighted by atomic mass is 16.5. The fourth-order valence-electron chi connectivity index (χ4n) is 1.55. The highest BCUT2D eigenvalue weighted by Gasteiger charge is 2.23. The van der Waals surface area contributed by atoms with Gasteiger partial charge in [0.15, 0.2) is 12.4 Å². The average Bonchev–Trinajstić information content (AvgIpc) is 3.20. The smallest absolute Gasteiger partial charge is 0.321 e. The van der Waals surface area contributed by atoms with E-state index in [0.29, 0.717) is 11.3 Å². The van der Waals surface area contributed by atoms with Gasteiger partial charge >= 0.3 is 6.03 Å². The zero-order valence-corrected chi connectivity index (χ0v) is 11.1. The van der Waals surface area contributed by atoms with Crippen molar-refractivity contribution in [2.45, 2.75) is 25.8 Å². The average molecular weight is 276 g/mol. The van der Waals surface area contributed by atoms with Crippen molar-refractivity contribution < 1.29 is 19.1 Å². The van der Waals surface area contributed by atoms with Gasteiger partial charge in [-0.25, -0.2) is 4.79 Å². The summed E-state index contributed by atoms with van der Waals surface area (Å²) in [6.07, 6.45) is 1.92. The van der Waals surface area contributed by atoms with Crippen LogP contribution in [-0.2, 0) is 4.79 Å². The summed E-state index contributed by atoms with van der Waals surface area (Å²) in [7, 11) is 0. The number of rotatable bonds is 5. The summed E-state index contributed by atoms with van der Waals surface area (Å²) < 4.78 is 5.22. The number of nitrogens with one attached hydrogen (secondary N) is 2. The number of hydrogen-bond acceptors (Lipinski definition) is 4. The summed E-state index contributed by atoms with van der Waals surface area (Å²) in [5.41, 5.74) is 0.575. The van der Waals surface area contributed by atoms with E-state index in [2.05, 4.69) is 10.6 Å². The molecule has 1 aliphatic rings. The van der Waals surface area contributed by atoms with Crippen molar-refractivity contribution in [3.8, 4) is 5.75 Å². The first-order chi connectivity index (χ1) is 9.54. The second-order valence-electron chi connectivity index (χ2n) is 4.67. The zero-order chi connectivity index (χ0) is 14.5. The number of Topliss-reactive ketones (excluding diaryl/α,β-unsaturated/α-hetero) is 1.